The van der Waals surface area contributed by atoms with Gasteiger partial charge in [0.15, 0.2) is 28.8 Å². The molecule has 0 amide bonds. The van der Waals surface area contributed by atoms with Gasteiger partial charge in [-0.05, 0) is 18.9 Å². The first-order valence-electron chi connectivity index (χ1n) is 13.1. The molecule has 1 aromatic carbocycles. The molecule has 222 valence electrons. The van der Waals surface area contributed by atoms with Crippen molar-refractivity contribution in [1.82, 2.24) is 24.5 Å². The highest BCUT2D eigenvalue weighted by Gasteiger charge is 2.64. The van der Waals surface area contributed by atoms with Crippen LogP contribution < -0.4 is 25.8 Å². The Labute approximate surface area is 237 Å². The van der Waals surface area contributed by atoms with Crippen LogP contribution in [0.1, 0.15) is 24.8 Å². The number of ether oxygens (including phenoxy) is 2. The van der Waals surface area contributed by atoms with Gasteiger partial charge >= 0.3 is 0 Å². The third kappa shape index (κ3) is 4.17. The lowest BCUT2D eigenvalue weighted by molar-refractivity contribution is -0.104. The van der Waals surface area contributed by atoms with E-state index in [0.29, 0.717) is 35.4 Å². The molecule has 1 aliphatic heterocycles. The summed E-state index contributed by atoms with van der Waals surface area (Å²) >= 11 is 0. The van der Waals surface area contributed by atoms with Crippen molar-refractivity contribution < 1.29 is 32.1 Å². The van der Waals surface area contributed by atoms with E-state index < -0.39 is 41.7 Å². The SMILES string of the molecule is COc1cc(F)c(-c2ncc(N3CCC[C@@]4(N)C3CC(F)(F)[C@@H]4O)c(Cn3cnc4c(N)ncnc43)c2OC)cc1F. The fraction of sp³-hybridized carbons (Fsp3) is 0.407. The Morgan fingerprint density at radius 1 is 1.10 bits per heavy atom. The van der Waals surface area contributed by atoms with Crippen molar-refractivity contribution in [3.05, 3.63) is 48.2 Å². The van der Waals surface area contributed by atoms with Crippen molar-refractivity contribution in [2.24, 2.45) is 5.73 Å². The number of anilines is 2. The molecule has 1 saturated heterocycles. The number of hydrogen-bond acceptors (Lipinski definition) is 10. The molecule has 2 aliphatic rings. The summed E-state index contributed by atoms with van der Waals surface area (Å²) in [6.07, 6.45) is 2.04. The van der Waals surface area contributed by atoms with Crippen LogP contribution in [0.3, 0.4) is 0 Å². The van der Waals surface area contributed by atoms with Gasteiger partial charge < -0.3 is 35.5 Å². The molecule has 2 fully saturated rings. The predicted molar refractivity (Wildman–Crippen MR) is 144 cm³/mol. The molecule has 1 aliphatic carbocycles. The van der Waals surface area contributed by atoms with Crippen LogP contribution >= 0.6 is 0 Å². The lowest BCUT2D eigenvalue weighted by atomic mass is 9.82. The van der Waals surface area contributed by atoms with E-state index in [-0.39, 0.29) is 41.5 Å². The van der Waals surface area contributed by atoms with Crippen LogP contribution in [0.25, 0.3) is 22.4 Å². The smallest absolute Gasteiger partial charge is 0.277 e. The topological polar surface area (TPSA) is 150 Å². The minimum Gasteiger partial charge on any atom is -0.494 e. The molecule has 11 nitrogen and oxygen atoms in total. The Bertz CT molecular complexity index is 1690. The Balaban J connectivity index is 1.56. The number of nitrogen functional groups attached to an aromatic ring is 1. The number of piperidine rings is 1. The summed E-state index contributed by atoms with van der Waals surface area (Å²) in [6.45, 7) is 0.329. The van der Waals surface area contributed by atoms with E-state index >= 15 is 4.39 Å². The van der Waals surface area contributed by atoms with E-state index in [2.05, 4.69) is 19.9 Å². The van der Waals surface area contributed by atoms with E-state index in [9.17, 15) is 18.3 Å². The molecule has 42 heavy (non-hydrogen) atoms. The Hall–Kier alpha value is -4.24. The van der Waals surface area contributed by atoms with Crippen molar-refractivity contribution in [1.29, 1.82) is 0 Å². The molecule has 3 aromatic heterocycles. The second kappa shape index (κ2) is 9.94. The van der Waals surface area contributed by atoms with Crippen molar-refractivity contribution >= 4 is 22.7 Å². The van der Waals surface area contributed by atoms with Crippen molar-refractivity contribution in [3.63, 3.8) is 0 Å². The molecule has 4 heterocycles. The van der Waals surface area contributed by atoms with Gasteiger partial charge in [0.25, 0.3) is 5.92 Å². The van der Waals surface area contributed by atoms with Crippen LogP contribution in [-0.2, 0) is 6.54 Å². The monoisotopic (exact) mass is 588 g/mol. The van der Waals surface area contributed by atoms with Gasteiger partial charge in [-0.15, -0.1) is 0 Å². The molecule has 0 spiro atoms. The highest BCUT2D eigenvalue weighted by atomic mass is 19.3. The molecule has 6 rings (SSSR count). The maximum absolute atomic E-state index is 15.3. The van der Waals surface area contributed by atoms with Gasteiger partial charge in [-0.1, -0.05) is 0 Å². The number of halogens is 4. The second-order valence-electron chi connectivity index (χ2n) is 10.6. The number of nitrogens with two attached hydrogens (primary N) is 2. The predicted octanol–water partition coefficient (Wildman–Crippen LogP) is 2.88. The first-order chi connectivity index (χ1) is 20.0. The van der Waals surface area contributed by atoms with Crippen molar-refractivity contribution in [2.75, 3.05) is 31.4 Å². The van der Waals surface area contributed by atoms with Crippen LogP contribution in [0.5, 0.6) is 11.5 Å². The quantitative estimate of drug-likeness (QED) is 0.287. The van der Waals surface area contributed by atoms with Gasteiger partial charge in [0.1, 0.15) is 29.5 Å². The summed E-state index contributed by atoms with van der Waals surface area (Å²) in [7, 11) is 2.56. The third-order valence-corrected chi connectivity index (χ3v) is 8.26. The summed E-state index contributed by atoms with van der Waals surface area (Å²) in [4.78, 5) is 18.7. The molecular formula is C27H28F4N8O3. The fourth-order valence-corrected chi connectivity index (χ4v) is 6.22. The van der Waals surface area contributed by atoms with Gasteiger partial charge in [-0.2, -0.15) is 0 Å². The number of nitrogens with zero attached hydrogens (tertiary/aromatic N) is 6. The lowest BCUT2D eigenvalue weighted by Crippen LogP contribution is -2.64. The summed E-state index contributed by atoms with van der Waals surface area (Å²) in [6, 6.07) is 0.903. The average Bonchev–Trinajstić information content (AvgIpc) is 3.46. The van der Waals surface area contributed by atoms with E-state index in [0.717, 1.165) is 12.1 Å². The molecule has 3 atom stereocenters. The maximum Gasteiger partial charge on any atom is 0.277 e. The van der Waals surface area contributed by atoms with E-state index in [1.807, 2.05) is 0 Å². The van der Waals surface area contributed by atoms with Gasteiger partial charge in [0.05, 0.1) is 50.6 Å². The number of hydrogen-bond donors (Lipinski definition) is 3. The number of methoxy groups -OCH3 is 2. The van der Waals surface area contributed by atoms with Gasteiger partial charge in [0, 0.05) is 30.2 Å². The van der Waals surface area contributed by atoms with Gasteiger partial charge in [-0.25, -0.2) is 32.5 Å². The Kier molecular flexibility index (Phi) is 6.61. The van der Waals surface area contributed by atoms with Crippen LogP contribution in [-0.4, -0.2) is 74.0 Å². The Morgan fingerprint density at radius 3 is 2.62 bits per heavy atom. The zero-order chi connectivity index (χ0) is 30.0. The average molecular weight is 589 g/mol. The van der Waals surface area contributed by atoms with Crippen LogP contribution in [0.15, 0.2) is 31.0 Å². The molecule has 15 heteroatoms. The van der Waals surface area contributed by atoms with E-state index in [4.69, 9.17) is 20.9 Å². The highest BCUT2D eigenvalue weighted by molar-refractivity contribution is 5.81. The molecular weight excluding hydrogens is 560 g/mol. The third-order valence-electron chi connectivity index (χ3n) is 8.26. The minimum absolute atomic E-state index is 0.000966. The standard InChI is InChI=1S/C27H28F4N8O3/c1-41-18-7-15(28)13(6-16(18)29)20-22(42-2)14(10-38-12-37-21-23(32)35-11-36-24(21)38)17(9-34-20)39-5-3-4-26(33)19(39)8-27(30,31)25(26)40/h6-7,9,11-12,19,25,40H,3-5,8,10,33H2,1-2H3,(H2,32,35,36)/t19?,25-,26-/m1/s1. The molecule has 0 bridgehead atoms. The number of imidazole rings is 1. The normalized spacial score (nSPS) is 23.3. The van der Waals surface area contributed by atoms with Crippen LogP contribution in [0, 0.1) is 11.6 Å². The molecule has 0 radical (unpaired) electrons. The number of alkyl halides is 2. The zero-order valence-electron chi connectivity index (χ0n) is 22.7. The first-order valence-corrected chi connectivity index (χ1v) is 13.1. The lowest BCUT2D eigenvalue weighted by Gasteiger charge is -2.46. The summed E-state index contributed by atoms with van der Waals surface area (Å²) < 4.78 is 72.0. The number of benzene rings is 1. The minimum atomic E-state index is -3.40. The first kappa shape index (κ1) is 27.9. The van der Waals surface area contributed by atoms with Crippen LogP contribution in [0.4, 0.5) is 29.1 Å². The highest BCUT2D eigenvalue weighted by Crippen LogP contribution is 2.50. The summed E-state index contributed by atoms with van der Waals surface area (Å²) in [5, 5.41) is 10.5. The number of fused-ring (bicyclic) bond motifs is 2. The summed E-state index contributed by atoms with van der Waals surface area (Å²) in [5.41, 5.74) is 12.1. The summed E-state index contributed by atoms with van der Waals surface area (Å²) in [5.74, 6) is -5.10. The van der Waals surface area contributed by atoms with E-state index in [1.165, 1.54) is 33.1 Å². The number of aromatic nitrogens is 5. The maximum atomic E-state index is 15.3. The van der Waals surface area contributed by atoms with Gasteiger partial charge in [-0.3, -0.25) is 4.98 Å². The second-order valence-corrected chi connectivity index (χ2v) is 10.6. The van der Waals surface area contributed by atoms with Crippen molar-refractivity contribution in [2.45, 2.75) is 49.4 Å². The number of pyridine rings is 1. The molecule has 1 saturated carbocycles. The number of aliphatic hydroxyl groups excluding tert-OH is 1. The largest absolute Gasteiger partial charge is 0.494 e. The van der Waals surface area contributed by atoms with Crippen molar-refractivity contribution in [3.8, 4) is 22.8 Å². The van der Waals surface area contributed by atoms with Crippen LogP contribution in [0.2, 0.25) is 0 Å². The number of aliphatic hydroxyl groups is 1. The Morgan fingerprint density at radius 2 is 1.88 bits per heavy atom. The van der Waals surface area contributed by atoms with Gasteiger partial charge in [0.2, 0.25) is 0 Å². The molecule has 4 aromatic rings. The molecule has 5 N–H and O–H groups in total. The van der Waals surface area contributed by atoms with E-state index in [1.54, 1.807) is 9.47 Å². The fourth-order valence-electron chi connectivity index (χ4n) is 6.22. The zero-order valence-corrected chi connectivity index (χ0v) is 22.7. The molecule has 1 unspecified atom stereocenters. The number of rotatable bonds is 6.